The molecule has 1 N–H and O–H groups in total. The molecule has 0 unspecified atom stereocenters. The Kier molecular flexibility index (Phi) is 5.87. The molecule has 1 fully saturated rings. The third-order valence-corrected chi connectivity index (χ3v) is 5.27. The van der Waals surface area contributed by atoms with Gasteiger partial charge < -0.3 is 5.32 Å². The van der Waals surface area contributed by atoms with Crippen molar-refractivity contribution < 1.29 is 4.79 Å². The van der Waals surface area contributed by atoms with Crippen LogP contribution in [0.15, 0.2) is 54.6 Å². The Morgan fingerprint density at radius 2 is 1.72 bits per heavy atom. The second kappa shape index (κ2) is 8.30. The number of nitrogens with zero attached hydrogens (tertiary/aromatic N) is 1. The van der Waals surface area contributed by atoms with Crippen molar-refractivity contribution in [3.05, 3.63) is 71.3 Å². The van der Waals surface area contributed by atoms with E-state index in [1.54, 1.807) is 0 Å². The molecular weight excluding hydrogens is 308 g/mol. The van der Waals surface area contributed by atoms with Crippen LogP contribution in [0.3, 0.4) is 0 Å². The van der Waals surface area contributed by atoms with E-state index in [9.17, 15) is 4.79 Å². The first kappa shape index (κ1) is 17.7. The number of nitrogens with one attached hydrogen (secondary N) is 1. The summed E-state index contributed by atoms with van der Waals surface area (Å²) in [6.07, 6.45) is 1.89. The fraction of sp³-hybridized carbons (Fsp3) is 0.409. The summed E-state index contributed by atoms with van der Waals surface area (Å²) >= 11 is 0. The molecule has 25 heavy (non-hydrogen) atoms. The Labute approximate surface area is 151 Å². The molecule has 2 aromatic rings. The van der Waals surface area contributed by atoms with Crippen LogP contribution >= 0.6 is 0 Å². The second-order valence-corrected chi connectivity index (χ2v) is 7.12. The molecule has 1 amide bonds. The van der Waals surface area contributed by atoms with Crippen molar-refractivity contribution in [2.24, 2.45) is 5.92 Å². The van der Waals surface area contributed by atoms with Crippen molar-refractivity contribution in [1.29, 1.82) is 0 Å². The van der Waals surface area contributed by atoms with E-state index >= 15 is 0 Å². The predicted octanol–water partition coefficient (Wildman–Crippen LogP) is 4.08. The highest BCUT2D eigenvalue weighted by Gasteiger charge is 2.26. The van der Waals surface area contributed by atoms with Gasteiger partial charge in [0.1, 0.15) is 0 Å². The summed E-state index contributed by atoms with van der Waals surface area (Å²) in [7, 11) is 0. The number of amides is 1. The smallest absolute Gasteiger partial charge is 0.223 e. The van der Waals surface area contributed by atoms with E-state index < -0.39 is 0 Å². The molecule has 1 saturated heterocycles. The van der Waals surface area contributed by atoms with Crippen LogP contribution in [0.2, 0.25) is 0 Å². The lowest BCUT2D eigenvalue weighted by atomic mass is 9.94. The lowest BCUT2D eigenvalue weighted by molar-refractivity contribution is -0.127. The fourth-order valence-corrected chi connectivity index (χ4v) is 3.54. The Morgan fingerprint density at radius 3 is 2.40 bits per heavy atom. The van der Waals surface area contributed by atoms with Crippen molar-refractivity contribution >= 4 is 5.91 Å². The summed E-state index contributed by atoms with van der Waals surface area (Å²) in [6.45, 7) is 7.20. The van der Waals surface area contributed by atoms with Crippen LogP contribution in [-0.4, -0.2) is 23.9 Å². The van der Waals surface area contributed by atoms with Gasteiger partial charge in [0, 0.05) is 12.5 Å². The molecule has 132 valence electrons. The molecule has 3 nitrogen and oxygen atoms in total. The highest BCUT2D eigenvalue weighted by Crippen LogP contribution is 2.21. The van der Waals surface area contributed by atoms with Crippen molar-refractivity contribution in [2.45, 2.75) is 39.3 Å². The molecule has 3 heteroatoms. The molecule has 1 aliphatic rings. The van der Waals surface area contributed by atoms with Crippen LogP contribution in [-0.2, 0) is 11.3 Å². The summed E-state index contributed by atoms with van der Waals surface area (Å²) < 4.78 is 0. The van der Waals surface area contributed by atoms with Crippen LogP contribution in [0.25, 0.3) is 0 Å². The molecule has 0 radical (unpaired) electrons. The minimum atomic E-state index is 0.0682. The number of hydrogen-bond acceptors (Lipinski definition) is 2. The third-order valence-electron chi connectivity index (χ3n) is 5.27. The lowest BCUT2D eigenvalue weighted by Crippen LogP contribution is -2.41. The number of aryl methyl sites for hydroxylation is 1. The maximum atomic E-state index is 12.6. The fourth-order valence-electron chi connectivity index (χ4n) is 3.54. The molecule has 0 aromatic heterocycles. The summed E-state index contributed by atoms with van der Waals surface area (Å²) in [5, 5.41) is 3.18. The van der Waals surface area contributed by atoms with Gasteiger partial charge in [0.2, 0.25) is 5.91 Å². The van der Waals surface area contributed by atoms with E-state index in [0.717, 1.165) is 38.0 Å². The van der Waals surface area contributed by atoms with Gasteiger partial charge >= 0.3 is 0 Å². The number of likely N-dealkylation sites (tertiary alicyclic amines) is 1. The van der Waals surface area contributed by atoms with Gasteiger partial charge in [-0.15, -0.1) is 0 Å². The van der Waals surface area contributed by atoms with E-state index in [1.165, 1.54) is 11.1 Å². The number of carbonyl (C=O) groups excluding carboxylic acids is 1. The topological polar surface area (TPSA) is 32.3 Å². The average molecular weight is 336 g/mol. The summed E-state index contributed by atoms with van der Waals surface area (Å²) in [5.74, 6) is 0.339. The Hall–Kier alpha value is -2.13. The highest BCUT2D eigenvalue weighted by atomic mass is 16.1. The first-order valence-corrected chi connectivity index (χ1v) is 9.25. The van der Waals surface area contributed by atoms with Crippen LogP contribution in [0, 0.1) is 12.8 Å². The molecule has 1 heterocycles. The maximum absolute atomic E-state index is 12.6. The van der Waals surface area contributed by atoms with Gasteiger partial charge in [0.15, 0.2) is 0 Å². The van der Waals surface area contributed by atoms with Crippen LogP contribution in [0.5, 0.6) is 0 Å². The molecule has 1 aliphatic heterocycles. The van der Waals surface area contributed by atoms with E-state index in [-0.39, 0.29) is 17.9 Å². The van der Waals surface area contributed by atoms with Crippen molar-refractivity contribution in [1.82, 2.24) is 10.2 Å². The van der Waals surface area contributed by atoms with Gasteiger partial charge in [-0.3, -0.25) is 9.69 Å². The Bertz CT molecular complexity index is 690. The van der Waals surface area contributed by atoms with Gasteiger partial charge in [-0.1, -0.05) is 54.6 Å². The number of carbonyl (C=O) groups is 1. The number of piperidine rings is 1. The Morgan fingerprint density at radius 1 is 1.08 bits per heavy atom. The predicted molar refractivity (Wildman–Crippen MR) is 102 cm³/mol. The van der Waals surface area contributed by atoms with Crippen LogP contribution in [0.1, 0.15) is 42.5 Å². The largest absolute Gasteiger partial charge is 0.349 e. The first-order valence-electron chi connectivity index (χ1n) is 9.25. The number of rotatable bonds is 5. The highest BCUT2D eigenvalue weighted by molar-refractivity contribution is 5.79. The molecule has 1 atom stereocenters. The van der Waals surface area contributed by atoms with Crippen molar-refractivity contribution in [3.8, 4) is 0 Å². The van der Waals surface area contributed by atoms with E-state index in [4.69, 9.17) is 0 Å². The number of benzene rings is 2. The first-order chi connectivity index (χ1) is 12.1. The summed E-state index contributed by atoms with van der Waals surface area (Å²) in [5.41, 5.74) is 3.90. The van der Waals surface area contributed by atoms with Crippen LogP contribution in [0.4, 0.5) is 0 Å². The van der Waals surface area contributed by atoms with Gasteiger partial charge in [-0.05, 0) is 56.5 Å². The molecular formula is C22H28N2O. The Balaban J connectivity index is 1.48. The average Bonchev–Trinajstić information content (AvgIpc) is 2.65. The normalized spacial score (nSPS) is 17.2. The van der Waals surface area contributed by atoms with E-state index in [1.807, 2.05) is 18.2 Å². The molecule has 0 saturated carbocycles. The SMILES string of the molecule is Cc1ccccc1CN1CCC(C(=O)N[C@H](C)c2ccccc2)CC1. The third kappa shape index (κ3) is 4.70. The zero-order chi connectivity index (χ0) is 17.6. The zero-order valence-electron chi connectivity index (χ0n) is 15.2. The van der Waals surface area contributed by atoms with Gasteiger partial charge in [0.05, 0.1) is 6.04 Å². The summed E-state index contributed by atoms with van der Waals surface area (Å²) in [4.78, 5) is 15.0. The standard InChI is InChI=1S/C22H28N2O/c1-17-8-6-7-11-21(17)16-24-14-12-20(13-15-24)22(25)23-18(2)19-9-4-3-5-10-19/h3-11,18,20H,12-16H2,1-2H3,(H,23,25)/t18-/m1/s1. The molecule has 3 rings (SSSR count). The minimum Gasteiger partial charge on any atom is -0.349 e. The van der Waals surface area contributed by atoms with Gasteiger partial charge in [-0.2, -0.15) is 0 Å². The van der Waals surface area contributed by atoms with Crippen molar-refractivity contribution in [2.75, 3.05) is 13.1 Å². The molecule has 0 bridgehead atoms. The van der Waals surface area contributed by atoms with E-state index in [2.05, 4.69) is 60.5 Å². The van der Waals surface area contributed by atoms with Crippen LogP contribution < -0.4 is 5.32 Å². The number of hydrogen-bond donors (Lipinski definition) is 1. The molecule has 0 spiro atoms. The van der Waals surface area contributed by atoms with E-state index in [0.29, 0.717) is 0 Å². The second-order valence-electron chi connectivity index (χ2n) is 7.12. The van der Waals surface area contributed by atoms with Crippen molar-refractivity contribution in [3.63, 3.8) is 0 Å². The summed E-state index contributed by atoms with van der Waals surface area (Å²) in [6, 6.07) is 18.8. The quantitative estimate of drug-likeness (QED) is 0.892. The minimum absolute atomic E-state index is 0.0682. The monoisotopic (exact) mass is 336 g/mol. The van der Waals surface area contributed by atoms with Gasteiger partial charge in [-0.25, -0.2) is 0 Å². The lowest BCUT2D eigenvalue weighted by Gasteiger charge is -2.32. The van der Waals surface area contributed by atoms with Gasteiger partial charge in [0.25, 0.3) is 0 Å². The molecule has 2 aromatic carbocycles. The molecule has 0 aliphatic carbocycles. The zero-order valence-corrected chi connectivity index (χ0v) is 15.2. The maximum Gasteiger partial charge on any atom is 0.223 e.